The Morgan fingerprint density at radius 3 is 2.54 bits per heavy atom. The normalized spacial score (nSPS) is 21.4. The van der Waals surface area contributed by atoms with Crippen molar-refractivity contribution in [3.63, 3.8) is 0 Å². The summed E-state index contributed by atoms with van der Waals surface area (Å²) in [6, 6.07) is 15.4. The van der Waals surface area contributed by atoms with E-state index in [1.165, 1.54) is 22.3 Å². The van der Waals surface area contributed by atoms with Crippen LogP contribution in [0.2, 0.25) is 5.02 Å². The number of aromatic nitrogens is 1. The van der Waals surface area contributed by atoms with Gasteiger partial charge in [0.2, 0.25) is 11.8 Å². The summed E-state index contributed by atoms with van der Waals surface area (Å²) in [4.78, 5) is 61.6. The molecule has 3 aliphatic rings. The molecule has 3 aromatic carbocycles. The van der Waals surface area contributed by atoms with Gasteiger partial charge in [0, 0.05) is 11.1 Å². The van der Waals surface area contributed by atoms with Crippen molar-refractivity contribution in [2.45, 2.75) is 41.8 Å². The zero-order chi connectivity index (χ0) is 32.1. The van der Waals surface area contributed by atoms with E-state index in [9.17, 15) is 24.5 Å². The van der Waals surface area contributed by atoms with Gasteiger partial charge in [-0.25, -0.2) is 9.98 Å². The first kappa shape index (κ1) is 30.6. The number of carbonyl (C=O) groups is 3. The smallest absolute Gasteiger partial charge is 0.283 e. The van der Waals surface area contributed by atoms with Crippen LogP contribution < -0.4 is 10.2 Å². The van der Waals surface area contributed by atoms with Crippen LogP contribution in [0, 0.1) is 28.9 Å². The summed E-state index contributed by atoms with van der Waals surface area (Å²) in [5.74, 6) is -1.09. The van der Waals surface area contributed by atoms with Gasteiger partial charge >= 0.3 is 0 Å². The van der Waals surface area contributed by atoms with Crippen LogP contribution in [0.15, 0.2) is 73.7 Å². The summed E-state index contributed by atoms with van der Waals surface area (Å²) in [7, 11) is 0. The Bertz CT molecular complexity index is 2020. The molecular formula is C32H24ClN5O5S3. The number of amides is 3. The lowest BCUT2D eigenvalue weighted by molar-refractivity contribution is -0.387. The zero-order valence-corrected chi connectivity index (χ0v) is 27.4. The van der Waals surface area contributed by atoms with E-state index in [2.05, 4.69) is 15.3 Å². The standard InChI is InChI=1S/C32H24ClN5O5S3/c1-16-6-8-18(14-22(16)33)34-31-36-28(39)27(44-31)13-17-7-11-25(24(12-17)38(42)43)45-32-35-23-10-9-19(15-26(23)46-32)37-29(40)20-4-2-3-5-21(20)30(37)41/h6-15,20-21H,2-5H2,1H3,(H,34,36,39)/b27-13-/t20-,21-/m1/s1. The van der Waals surface area contributed by atoms with Crippen LogP contribution >= 0.6 is 46.5 Å². The van der Waals surface area contributed by atoms with Gasteiger partial charge in [-0.05, 0) is 85.1 Å². The lowest BCUT2D eigenvalue weighted by Gasteiger charge is -2.19. The third kappa shape index (κ3) is 5.83. The van der Waals surface area contributed by atoms with Crippen LogP contribution in [0.1, 0.15) is 36.8 Å². The van der Waals surface area contributed by atoms with Gasteiger partial charge < -0.3 is 5.32 Å². The highest BCUT2D eigenvalue weighted by molar-refractivity contribution is 8.18. The molecule has 4 aromatic rings. The summed E-state index contributed by atoms with van der Waals surface area (Å²) in [6.07, 6.45) is 5.00. The number of nitrogens with zero attached hydrogens (tertiary/aromatic N) is 4. The Labute approximate surface area is 280 Å². The second-order valence-corrected chi connectivity index (χ2v) is 14.9. The minimum absolute atomic E-state index is 0.123. The first-order valence-electron chi connectivity index (χ1n) is 14.4. The number of nitrogens with one attached hydrogen (secondary N) is 1. The molecule has 3 heterocycles. The number of amidine groups is 1. The summed E-state index contributed by atoms with van der Waals surface area (Å²) in [6.45, 7) is 1.89. The number of hydrogen-bond acceptors (Lipinski definition) is 10. The zero-order valence-electron chi connectivity index (χ0n) is 24.2. The van der Waals surface area contributed by atoms with Gasteiger partial charge in [0.1, 0.15) is 0 Å². The van der Waals surface area contributed by atoms with Gasteiger partial charge in [0.25, 0.3) is 11.6 Å². The van der Waals surface area contributed by atoms with Crippen molar-refractivity contribution in [1.29, 1.82) is 0 Å². The fraction of sp³-hybridized carbons (Fsp3) is 0.219. The Hall–Kier alpha value is -4.04. The predicted molar refractivity (Wildman–Crippen MR) is 182 cm³/mol. The number of fused-ring (bicyclic) bond motifs is 2. The number of nitro groups is 1. The first-order chi connectivity index (χ1) is 22.1. The lowest BCUT2D eigenvalue weighted by atomic mass is 9.81. The summed E-state index contributed by atoms with van der Waals surface area (Å²) < 4.78 is 1.35. The molecule has 0 bridgehead atoms. The molecule has 0 radical (unpaired) electrons. The maximum atomic E-state index is 13.1. The predicted octanol–water partition coefficient (Wildman–Crippen LogP) is 7.89. The highest BCUT2D eigenvalue weighted by Crippen LogP contribution is 2.43. The first-order valence-corrected chi connectivity index (χ1v) is 17.3. The van der Waals surface area contributed by atoms with Crippen molar-refractivity contribution >= 4 is 103 Å². The van der Waals surface area contributed by atoms with E-state index in [4.69, 9.17) is 11.6 Å². The number of carbonyl (C=O) groups excluding carboxylic acids is 3. The summed E-state index contributed by atoms with van der Waals surface area (Å²) in [5, 5.41) is 15.7. The van der Waals surface area contributed by atoms with Crippen LogP contribution in [-0.2, 0) is 14.4 Å². The molecule has 10 nitrogen and oxygen atoms in total. The van der Waals surface area contributed by atoms with Crippen molar-refractivity contribution < 1.29 is 19.3 Å². The van der Waals surface area contributed by atoms with E-state index >= 15 is 0 Å². The number of nitro benzene ring substituents is 1. The highest BCUT2D eigenvalue weighted by atomic mass is 35.5. The molecule has 232 valence electrons. The third-order valence-corrected chi connectivity index (χ3v) is 11.6. The lowest BCUT2D eigenvalue weighted by Crippen LogP contribution is -2.30. The molecule has 1 N–H and O–H groups in total. The van der Waals surface area contributed by atoms with E-state index in [0.29, 0.717) is 46.8 Å². The second-order valence-electron chi connectivity index (χ2n) is 11.1. The van der Waals surface area contributed by atoms with Crippen molar-refractivity contribution in [3.05, 3.63) is 85.8 Å². The van der Waals surface area contributed by atoms with Crippen molar-refractivity contribution in [2.75, 3.05) is 4.90 Å². The van der Waals surface area contributed by atoms with E-state index in [1.807, 2.05) is 13.0 Å². The Morgan fingerprint density at radius 1 is 1.07 bits per heavy atom. The fourth-order valence-electron chi connectivity index (χ4n) is 5.84. The molecular weight excluding hydrogens is 666 g/mol. The highest BCUT2D eigenvalue weighted by Gasteiger charge is 2.48. The van der Waals surface area contributed by atoms with Gasteiger partial charge in [-0.2, -0.15) is 0 Å². The van der Waals surface area contributed by atoms with Crippen LogP contribution in [0.5, 0.6) is 0 Å². The molecule has 1 saturated carbocycles. The average molecular weight is 690 g/mol. The number of halogens is 1. The van der Waals surface area contributed by atoms with Gasteiger partial charge in [-0.1, -0.05) is 48.3 Å². The van der Waals surface area contributed by atoms with E-state index < -0.39 is 4.92 Å². The number of thiazole rings is 1. The largest absolute Gasteiger partial charge is 0.300 e. The molecule has 3 amide bonds. The molecule has 0 unspecified atom stereocenters. The molecule has 1 aliphatic carbocycles. The topological polar surface area (TPSA) is 135 Å². The Kier molecular flexibility index (Phi) is 8.17. The van der Waals surface area contributed by atoms with Gasteiger partial charge in [-0.3, -0.25) is 29.4 Å². The van der Waals surface area contributed by atoms with Crippen LogP contribution in [0.4, 0.5) is 17.1 Å². The number of rotatable bonds is 6. The van der Waals surface area contributed by atoms with Crippen LogP contribution in [0.3, 0.4) is 0 Å². The number of benzene rings is 3. The summed E-state index contributed by atoms with van der Waals surface area (Å²) >= 11 is 9.83. The molecule has 3 fully saturated rings. The molecule has 0 spiro atoms. The molecule has 2 saturated heterocycles. The SMILES string of the molecule is Cc1ccc(N=C2NC(=O)/C(=C/c3ccc(Sc4nc5ccc(N6C(=O)[C@@H]7CCCC[C@H]7C6=O)cc5s4)c([N+](=O)[O-])c3)S2)cc1Cl. The van der Waals surface area contributed by atoms with Crippen molar-refractivity contribution in [1.82, 2.24) is 10.3 Å². The molecule has 2 aliphatic heterocycles. The molecule has 7 rings (SSSR count). The average Bonchev–Trinajstić information content (AvgIpc) is 3.67. The van der Waals surface area contributed by atoms with Gasteiger partial charge in [-0.15, -0.1) is 11.3 Å². The molecule has 14 heteroatoms. The number of aryl methyl sites for hydroxylation is 1. The Balaban J connectivity index is 1.11. The van der Waals surface area contributed by atoms with Crippen LogP contribution in [0.25, 0.3) is 16.3 Å². The Morgan fingerprint density at radius 2 is 1.83 bits per heavy atom. The number of anilines is 1. The third-order valence-electron chi connectivity index (χ3n) is 8.16. The maximum absolute atomic E-state index is 13.1. The van der Waals surface area contributed by atoms with Gasteiger partial charge in [0.05, 0.1) is 48.2 Å². The van der Waals surface area contributed by atoms with Crippen molar-refractivity contribution in [2.24, 2.45) is 16.8 Å². The summed E-state index contributed by atoms with van der Waals surface area (Å²) in [5.41, 5.74) is 3.08. The quantitative estimate of drug-likeness (QED) is 0.0935. The number of thioether (sulfide) groups is 1. The molecule has 1 aromatic heterocycles. The molecule has 46 heavy (non-hydrogen) atoms. The van der Waals surface area contributed by atoms with Gasteiger partial charge in [0.15, 0.2) is 9.51 Å². The van der Waals surface area contributed by atoms with Crippen molar-refractivity contribution in [3.8, 4) is 0 Å². The number of hydrogen-bond donors (Lipinski definition) is 1. The fourth-order valence-corrected chi connectivity index (χ4v) is 9.00. The molecule has 2 atom stereocenters. The van der Waals surface area contributed by atoms with E-state index in [0.717, 1.165) is 59.5 Å². The second kappa shape index (κ2) is 12.3. The minimum Gasteiger partial charge on any atom is -0.300 e. The maximum Gasteiger partial charge on any atom is 0.283 e. The van der Waals surface area contributed by atoms with Crippen LogP contribution in [-0.4, -0.2) is 32.8 Å². The van der Waals surface area contributed by atoms with E-state index in [-0.39, 0.29) is 35.2 Å². The number of imide groups is 1. The number of aliphatic imine (C=N–C) groups is 1. The monoisotopic (exact) mass is 689 g/mol. The minimum atomic E-state index is -0.463. The van der Waals surface area contributed by atoms with E-state index in [1.54, 1.807) is 48.5 Å².